The number of anilines is 1. The first kappa shape index (κ1) is 22.1. The number of rotatable bonds is 9. The van der Waals surface area contributed by atoms with E-state index in [9.17, 15) is 9.59 Å². The Morgan fingerprint density at radius 3 is 2.28 bits per heavy atom. The maximum atomic E-state index is 13.2. The molecular formula is C25H28N4O2S. The number of thioether (sulfide) groups is 1. The summed E-state index contributed by atoms with van der Waals surface area (Å²) in [5, 5.41) is 10.6. The fourth-order valence-electron chi connectivity index (χ4n) is 3.94. The van der Waals surface area contributed by atoms with Crippen LogP contribution >= 0.6 is 11.8 Å². The quantitative estimate of drug-likeness (QED) is 0.511. The van der Waals surface area contributed by atoms with E-state index >= 15 is 0 Å². The molecule has 6 nitrogen and oxygen atoms in total. The molecule has 4 rings (SSSR count). The van der Waals surface area contributed by atoms with Gasteiger partial charge in [0, 0.05) is 36.0 Å². The molecule has 0 spiro atoms. The minimum absolute atomic E-state index is 0.0518. The molecule has 0 saturated heterocycles. The number of carbonyl (C=O) groups is 2. The van der Waals surface area contributed by atoms with Crippen molar-refractivity contribution in [2.24, 2.45) is 0 Å². The van der Waals surface area contributed by atoms with Crippen molar-refractivity contribution in [1.82, 2.24) is 15.1 Å². The van der Waals surface area contributed by atoms with Crippen LogP contribution in [-0.2, 0) is 27.6 Å². The van der Waals surface area contributed by atoms with Gasteiger partial charge in [0.15, 0.2) is 0 Å². The van der Waals surface area contributed by atoms with Crippen molar-refractivity contribution in [1.29, 1.82) is 0 Å². The first-order valence-corrected chi connectivity index (χ1v) is 12.1. The normalized spacial score (nSPS) is 12.6. The van der Waals surface area contributed by atoms with Gasteiger partial charge in [-0.05, 0) is 17.5 Å². The molecule has 0 aliphatic carbocycles. The summed E-state index contributed by atoms with van der Waals surface area (Å²) in [7, 11) is 0. The largest absolute Gasteiger partial charge is 0.355 e. The van der Waals surface area contributed by atoms with E-state index in [1.807, 2.05) is 43.3 Å². The maximum Gasteiger partial charge on any atom is 0.241 e. The summed E-state index contributed by atoms with van der Waals surface area (Å²) < 4.78 is 1.65. The van der Waals surface area contributed by atoms with E-state index in [2.05, 4.69) is 40.0 Å². The van der Waals surface area contributed by atoms with Crippen LogP contribution in [0.4, 0.5) is 5.82 Å². The van der Waals surface area contributed by atoms with Gasteiger partial charge in [-0.1, -0.05) is 67.6 Å². The highest BCUT2D eigenvalue weighted by molar-refractivity contribution is 7.98. The van der Waals surface area contributed by atoms with Crippen LogP contribution < -0.4 is 10.6 Å². The topological polar surface area (TPSA) is 76.0 Å². The number of nitrogens with zero attached hydrogens (tertiary/aromatic N) is 2. The van der Waals surface area contributed by atoms with Crippen LogP contribution in [0.1, 0.15) is 48.1 Å². The lowest BCUT2D eigenvalue weighted by atomic mass is 9.88. The van der Waals surface area contributed by atoms with Crippen LogP contribution in [0.5, 0.6) is 0 Å². The molecule has 2 N–H and O–H groups in total. The van der Waals surface area contributed by atoms with Crippen molar-refractivity contribution in [3.8, 4) is 0 Å². The second-order valence-electron chi connectivity index (χ2n) is 7.90. The third-order valence-electron chi connectivity index (χ3n) is 5.54. The fourth-order valence-corrected chi connectivity index (χ4v) is 4.98. The van der Waals surface area contributed by atoms with Gasteiger partial charge in [0.05, 0.1) is 5.69 Å². The van der Waals surface area contributed by atoms with Gasteiger partial charge >= 0.3 is 0 Å². The maximum absolute atomic E-state index is 13.2. The van der Waals surface area contributed by atoms with E-state index < -0.39 is 0 Å². The number of benzene rings is 2. The summed E-state index contributed by atoms with van der Waals surface area (Å²) in [4.78, 5) is 25.5. The lowest BCUT2D eigenvalue weighted by Gasteiger charge is -2.18. The van der Waals surface area contributed by atoms with Crippen LogP contribution in [0.15, 0.2) is 60.7 Å². The monoisotopic (exact) mass is 448 g/mol. The standard InChI is InChI=1S/C25H28N4O2S/c1-2-13-26-24(31)15-29-25(21-16-32-17-22(21)28-29)27-23(30)14-20(18-9-5-3-6-10-18)19-11-7-4-8-12-19/h3-12,20H,2,13-17H2,1H3,(H,26,31)(H,27,30). The molecule has 2 amide bonds. The van der Waals surface area contributed by atoms with Crippen LogP contribution in [0.25, 0.3) is 0 Å². The zero-order chi connectivity index (χ0) is 22.3. The summed E-state index contributed by atoms with van der Waals surface area (Å²) in [5.74, 6) is 2.02. The van der Waals surface area contributed by atoms with Gasteiger partial charge in [0.2, 0.25) is 11.8 Å². The number of hydrogen-bond acceptors (Lipinski definition) is 4. The Labute approximate surface area is 192 Å². The fraction of sp³-hybridized carbons (Fsp3) is 0.320. The molecule has 0 saturated carbocycles. The van der Waals surface area contributed by atoms with Gasteiger partial charge in [-0.15, -0.1) is 0 Å². The van der Waals surface area contributed by atoms with E-state index in [0.29, 0.717) is 18.8 Å². The van der Waals surface area contributed by atoms with Crippen molar-refractivity contribution < 1.29 is 9.59 Å². The average Bonchev–Trinajstić information content (AvgIpc) is 3.40. The van der Waals surface area contributed by atoms with Gasteiger partial charge in [-0.3, -0.25) is 9.59 Å². The lowest BCUT2D eigenvalue weighted by molar-refractivity contribution is -0.122. The Morgan fingerprint density at radius 1 is 1.00 bits per heavy atom. The van der Waals surface area contributed by atoms with Crippen molar-refractivity contribution in [3.05, 3.63) is 83.0 Å². The number of hydrogen-bond donors (Lipinski definition) is 2. The van der Waals surface area contributed by atoms with Gasteiger partial charge in [-0.25, -0.2) is 4.68 Å². The van der Waals surface area contributed by atoms with Crippen LogP contribution in [0.2, 0.25) is 0 Å². The second kappa shape index (κ2) is 10.5. The zero-order valence-corrected chi connectivity index (χ0v) is 19.0. The van der Waals surface area contributed by atoms with E-state index in [-0.39, 0.29) is 24.3 Å². The second-order valence-corrected chi connectivity index (χ2v) is 8.89. The number of fused-ring (bicyclic) bond motifs is 1. The summed E-state index contributed by atoms with van der Waals surface area (Å²) >= 11 is 1.77. The summed E-state index contributed by atoms with van der Waals surface area (Å²) in [6, 6.07) is 20.2. The molecule has 0 radical (unpaired) electrons. The molecule has 3 aromatic rings. The summed E-state index contributed by atoms with van der Waals surface area (Å²) in [6.45, 7) is 2.75. The lowest BCUT2D eigenvalue weighted by Crippen LogP contribution is -2.29. The Kier molecular flexibility index (Phi) is 7.27. The molecule has 0 atom stereocenters. The molecule has 0 bridgehead atoms. The molecule has 166 valence electrons. The number of amides is 2. The third-order valence-corrected chi connectivity index (χ3v) is 6.51. The highest BCUT2D eigenvalue weighted by Crippen LogP contribution is 2.35. The highest BCUT2D eigenvalue weighted by atomic mass is 32.2. The predicted molar refractivity (Wildman–Crippen MR) is 129 cm³/mol. The first-order valence-electron chi connectivity index (χ1n) is 11.0. The zero-order valence-electron chi connectivity index (χ0n) is 18.2. The van der Waals surface area contributed by atoms with E-state index in [1.165, 1.54) is 0 Å². The Hall–Kier alpha value is -3.06. The van der Waals surface area contributed by atoms with E-state index in [0.717, 1.165) is 40.3 Å². The molecular weight excluding hydrogens is 420 g/mol. The predicted octanol–water partition coefficient (Wildman–Crippen LogP) is 4.32. The number of aromatic nitrogens is 2. The van der Waals surface area contributed by atoms with Crippen LogP contribution in [-0.4, -0.2) is 28.1 Å². The minimum atomic E-state index is -0.0948. The minimum Gasteiger partial charge on any atom is -0.355 e. The van der Waals surface area contributed by atoms with Gasteiger partial charge < -0.3 is 10.6 Å². The van der Waals surface area contributed by atoms with Gasteiger partial charge in [0.25, 0.3) is 0 Å². The van der Waals surface area contributed by atoms with Crippen LogP contribution in [0, 0.1) is 0 Å². The molecule has 2 heterocycles. The number of nitrogens with one attached hydrogen (secondary N) is 2. The van der Waals surface area contributed by atoms with Crippen molar-refractivity contribution >= 4 is 29.4 Å². The Morgan fingerprint density at radius 2 is 1.66 bits per heavy atom. The summed E-state index contributed by atoms with van der Waals surface area (Å²) in [5.41, 5.74) is 4.18. The number of carbonyl (C=O) groups excluding carboxylic acids is 2. The molecule has 1 aromatic heterocycles. The SMILES string of the molecule is CCCNC(=O)Cn1nc2c(c1NC(=O)CC(c1ccccc1)c1ccccc1)CSC2. The first-order chi connectivity index (χ1) is 15.7. The molecule has 1 aliphatic heterocycles. The molecule has 0 unspecified atom stereocenters. The van der Waals surface area contributed by atoms with Gasteiger partial charge in [0.1, 0.15) is 12.4 Å². The van der Waals surface area contributed by atoms with E-state index in [4.69, 9.17) is 0 Å². The van der Waals surface area contributed by atoms with Gasteiger partial charge in [-0.2, -0.15) is 16.9 Å². The highest BCUT2D eigenvalue weighted by Gasteiger charge is 2.26. The van der Waals surface area contributed by atoms with Crippen molar-refractivity contribution in [3.63, 3.8) is 0 Å². The molecule has 32 heavy (non-hydrogen) atoms. The molecule has 1 aliphatic rings. The Bertz CT molecular complexity index is 1030. The van der Waals surface area contributed by atoms with Crippen molar-refractivity contribution in [2.45, 2.75) is 43.7 Å². The van der Waals surface area contributed by atoms with Crippen molar-refractivity contribution in [2.75, 3.05) is 11.9 Å². The third kappa shape index (κ3) is 5.22. The molecule has 2 aromatic carbocycles. The molecule has 7 heteroatoms. The molecule has 0 fully saturated rings. The summed E-state index contributed by atoms with van der Waals surface area (Å²) in [6.07, 6.45) is 1.19. The average molecular weight is 449 g/mol. The smallest absolute Gasteiger partial charge is 0.241 e. The van der Waals surface area contributed by atoms with Crippen LogP contribution in [0.3, 0.4) is 0 Å². The Balaban J connectivity index is 1.54. The van der Waals surface area contributed by atoms with E-state index in [1.54, 1.807) is 16.4 Å².